The molecule has 0 bridgehead atoms. The van der Waals surface area contributed by atoms with E-state index in [0.29, 0.717) is 0 Å². The van der Waals surface area contributed by atoms with E-state index in [1.165, 1.54) is 89.9 Å². The molecule has 0 amide bonds. The highest BCUT2D eigenvalue weighted by Gasteiger charge is 2.14. The molecule has 20 heavy (non-hydrogen) atoms. The van der Waals surface area contributed by atoms with E-state index >= 15 is 0 Å². The van der Waals surface area contributed by atoms with Crippen molar-refractivity contribution in [3.05, 3.63) is 0 Å². The molecule has 0 aliphatic heterocycles. The Kier molecular flexibility index (Phi) is 15.4. The van der Waals surface area contributed by atoms with Crippen LogP contribution < -0.4 is 0 Å². The van der Waals surface area contributed by atoms with Crippen LogP contribution in [0.4, 0.5) is 0 Å². The van der Waals surface area contributed by atoms with Crippen LogP contribution in [-0.4, -0.2) is 0 Å². The number of unbranched alkanes of at least 4 members (excludes halogenated alkanes) is 6. The molecule has 0 fully saturated rings. The first kappa shape index (κ1) is 20.0. The maximum absolute atomic E-state index is 2.41. The van der Waals surface area contributed by atoms with Crippen molar-refractivity contribution < 1.29 is 0 Å². The molecule has 0 aliphatic rings. The zero-order valence-electron chi connectivity index (χ0n) is 15.1. The summed E-state index contributed by atoms with van der Waals surface area (Å²) >= 11 is 0. The van der Waals surface area contributed by atoms with Gasteiger partial charge >= 0.3 is 0 Å². The quantitative estimate of drug-likeness (QED) is 0.269. The van der Waals surface area contributed by atoms with Gasteiger partial charge in [-0.25, -0.2) is 0 Å². The highest BCUT2D eigenvalue weighted by atomic mass is 14.2. The summed E-state index contributed by atoms with van der Waals surface area (Å²) < 4.78 is 0. The fourth-order valence-corrected chi connectivity index (χ4v) is 3.47. The van der Waals surface area contributed by atoms with Crippen molar-refractivity contribution >= 4 is 0 Å². The van der Waals surface area contributed by atoms with Crippen molar-refractivity contribution in [2.75, 3.05) is 0 Å². The van der Waals surface area contributed by atoms with Gasteiger partial charge in [0.15, 0.2) is 0 Å². The molecule has 0 radical (unpaired) electrons. The van der Waals surface area contributed by atoms with Gasteiger partial charge in [-0.2, -0.15) is 0 Å². The Morgan fingerprint density at radius 2 is 1.05 bits per heavy atom. The van der Waals surface area contributed by atoms with Crippen molar-refractivity contribution in [2.24, 2.45) is 11.8 Å². The van der Waals surface area contributed by atoms with Gasteiger partial charge in [-0.05, 0) is 18.3 Å². The van der Waals surface area contributed by atoms with Gasteiger partial charge in [-0.1, -0.05) is 111 Å². The van der Waals surface area contributed by atoms with Crippen molar-refractivity contribution in [3.63, 3.8) is 0 Å². The van der Waals surface area contributed by atoms with Gasteiger partial charge < -0.3 is 0 Å². The minimum Gasteiger partial charge on any atom is -0.0654 e. The molecular weight excluding hydrogens is 240 g/mol. The molecule has 0 saturated carbocycles. The Bertz CT molecular complexity index is 173. The first-order valence-corrected chi connectivity index (χ1v) is 9.78. The first-order chi connectivity index (χ1) is 9.78. The summed E-state index contributed by atoms with van der Waals surface area (Å²) in [5.74, 6) is 2.03. The van der Waals surface area contributed by atoms with E-state index in [4.69, 9.17) is 0 Å². The Morgan fingerprint density at radius 3 is 1.65 bits per heavy atom. The topological polar surface area (TPSA) is 0 Å². The van der Waals surface area contributed by atoms with Crippen LogP contribution in [0.5, 0.6) is 0 Å². The third-order valence-corrected chi connectivity index (χ3v) is 4.87. The van der Waals surface area contributed by atoms with Crippen molar-refractivity contribution in [3.8, 4) is 0 Å². The van der Waals surface area contributed by atoms with Gasteiger partial charge in [-0.15, -0.1) is 0 Å². The van der Waals surface area contributed by atoms with E-state index in [9.17, 15) is 0 Å². The Balaban J connectivity index is 3.87. The van der Waals surface area contributed by atoms with Gasteiger partial charge in [0.25, 0.3) is 0 Å². The monoisotopic (exact) mass is 282 g/mol. The number of hydrogen-bond donors (Lipinski definition) is 0. The normalized spacial score (nSPS) is 14.4. The molecule has 0 N–H and O–H groups in total. The summed E-state index contributed by atoms with van der Waals surface area (Å²) in [6, 6.07) is 0. The summed E-state index contributed by atoms with van der Waals surface area (Å²) in [4.78, 5) is 0. The lowest BCUT2D eigenvalue weighted by atomic mass is 9.83. The molecule has 2 atom stereocenters. The van der Waals surface area contributed by atoms with E-state index in [2.05, 4.69) is 27.7 Å². The molecule has 0 aromatic carbocycles. The van der Waals surface area contributed by atoms with Crippen LogP contribution in [0.1, 0.15) is 118 Å². The standard InChI is InChI=1S/C20H42/c1-5-9-11-12-14-16-19(8-4)18-20(15-7-3)17-13-10-6-2/h19-20H,5-18H2,1-4H3. The average molecular weight is 283 g/mol. The van der Waals surface area contributed by atoms with Crippen LogP contribution >= 0.6 is 0 Å². The molecule has 0 aromatic rings. The number of rotatable bonds is 15. The average Bonchev–Trinajstić information content (AvgIpc) is 2.46. The van der Waals surface area contributed by atoms with Crippen LogP contribution in [-0.2, 0) is 0 Å². The Hall–Kier alpha value is 0. The number of hydrogen-bond acceptors (Lipinski definition) is 0. The second-order valence-corrected chi connectivity index (χ2v) is 6.86. The van der Waals surface area contributed by atoms with Gasteiger partial charge in [0.2, 0.25) is 0 Å². The molecule has 0 aliphatic carbocycles. The molecule has 0 heterocycles. The van der Waals surface area contributed by atoms with Crippen LogP contribution in [0.3, 0.4) is 0 Å². The van der Waals surface area contributed by atoms with Gasteiger partial charge in [0.05, 0.1) is 0 Å². The largest absolute Gasteiger partial charge is 0.0654 e. The predicted octanol–water partition coefficient (Wildman–Crippen LogP) is 7.76. The van der Waals surface area contributed by atoms with E-state index in [-0.39, 0.29) is 0 Å². The molecule has 0 spiro atoms. The second-order valence-electron chi connectivity index (χ2n) is 6.86. The molecule has 0 aromatic heterocycles. The fourth-order valence-electron chi connectivity index (χ4n) is 3.47. The molecular formula is C20H42. The van der Waals surface area contributed by atoms with Gasteiger partial charge in [0.1, 0.15) is 0 Å². The van der Waals surface area contributed by atoms with E-state index in [1.54, 1.807) is 0 Å². The second kappa shape index (κ2) is 15.4. The third-order valence-electron chi connectivity index (χ3n) is 4.87. The lowest BCUT2D eigenvalue weighted by Crippen LogP contribution is -2.09. The summed E-state index contributed by atoms with van der Waals surface area (Å²) in [5, 5.41) is 0. The predicted molar refractivity (Wildman–Crippen MR) is 94.3 cm³/mol. The van der Waals surface area contributed by atoms with Gasteiger partial charge in [0, 0.05) is 0 Å². The molecule has 0 nitrogen and oxygen atoms in total. The van der Waals surface area contributed by atoms with Crippen LogP contribution in [0.25, 0.3) is 0 Å². The maximum atomic E-state index is 2.41. The fraction of sp³-hybridized carbons (Fsp3) is 1.00. The van der Waals surface area contributed by atoms with Gasteiger partial charge in [-0.3, -0.25) is 0 Å². The Morgan fingerprint density at radius 1 is 0.500 bits per heavy atom. The molecule has 0 heteroatoms. The van der Waals surface area contributed by atoms with E-state index in [0.717, 1.165) is 11.8 Å². The summed E-state index contributed by atoms with van der Waals surface area (Å²) in [5.41, 5.74) is 0. The summed E-state index contributed by atoms with van der Waals surface area (Å²) in [7, 11) is 0. The zero-order valence-corrected chi connectivity index (χ0v) is 15.1. The minimum atomic E-state index is 1.01. The minimum absolute atomic E-state index is 1.01. The molecule has 2 unspecified atom stereocenters. The highest BCUT2D eigenvalue weighted by Crippen LogP contribution is 2.28. The highest BCUT2D eigenvalue weighted by molar-refractivity contribution is 4.66. The van der Waals surface area contributed by atoms with Crippen LogP contribution in [0, 0.1) is 11.8 Å². The maximum Gasteiger partial charge on any atom is -0.0412 e. The summed E-state index contributed by atoms with van der Waals surface area (Å²) in [6.45, 7) is 9.39. The Labute approximate surface area is 130 Å². The first-order valence-electron chi connectivity index (χ1n) is 9.78. The lowest BCUT2D eigenvalue weighted by Gasteiger charge is -2.22. The van der Waals surface area contributed by atoms with Crippen molar-refractivity contribution in [1.82, 2.24) is 0 Å². The van der Waals surface area contributed by atoms with Crippen LogP contribution in [0.15, 0.2) is 0 Å². The van der Waals surface area contributed by atoms with Crippen LogP contribution in [0.2, 0.25) is 0 Å². The van der Waals surface area contributed by atoms with Crippen molar-refractivity contribution in [2.45, 2.75) is 118 Å². The van der Waals surface area contributed by atoms with E-state index < -0.39 is 0 Å². The van der Waals surface area contributed by atoms with E-state index in [1.807, 2.05) is 0 Å². The molecule has 0 rings (SSSR count). The lowest BCUT2D eigenvalue weighted by molar-refractivity contribution is 0.299. The third kappa shape index (κ3) is 11.8. The summed E-state index contributed by atoms with van der Waals surface area (Å²) in [6.07, 6.45) is 20.2. The van der Waals surface area contributed by atoms with Crippen molar-refractivity contribution in [1.29, 1.82) is 0 Å². The molecule has 122 valence electrons. The smallest absolute Gasteiger partial charge is 0.0412 e. The molecule has 0 saturated heterocycles. The SMILES string of the molecule is CCCCCCCC(CC)CC(CCC)CCCCC. The zero-order chi connectivity index (χ0) is 15.1.